The number of hydrogen-bond donors (Lipinski definition) is 2. The third-order valence-electron chi connectivity index (χ3n) is 3.70. The topological polar surface area (TPSA) is 69.6 Å². The lowest BCUT2D eigenvalue weighted by molar-refractivity contribution is -0.144. The molecule has 1 atom stereocenters. The lowest BCUT2D eigenvalue weighted by Crippen LogP contribution is -2.57. The van der Waals surface area contributed by atoms with Crippen molar-refractivity contribution in [2.45, 2.75) is 32.2 Å². The number of nitrogens with one attached hydrogen (secondary N) is 1. The van der Waals surface area contributed by atoms with E-state index in [1.54, 1.807) is 11.8 Å². The van der Waals surface area contributed by atoms with Gasteiger partial charge >= 0.3 is 12.0 Å². The van der Waals surface area contributed by atoms with Gasteiger partial charge in [-0.3, -0.25) is 4.79 Å². The summed E-state index contributed by atoms with van der Waals surface area (Å²) in [4.78, 5) is 24.1. The van der Waals surface area contributed by atoms with Crippen LogP contribution >= 0.6 is 0 Å². The molecule has 1 aliphatic carbocycles. The van der Waals surface area contributed by atoms with Crippen LogP contribution in [0.25, 0.3) is 0 Å². The first kappa shape index (κ1) is 11.2. The van der Waals surface area contributed by atoms with E-state index in [1.807, 2.05) is 6.92 Å². The van der Waals surface area contributed by atoms with Gasteiger partial charge in [-0.15, -0.1) is 0 Å². The molecule has 16 heavy (non-hydrogen) atoms. The van der Waals surface area contributed by atoms with Gasteiger partial charge in [-0.25, -0.2) is 4.79 Å². The van der Waals surface area contributed by atoms with Gasteiger partial charge in [-0.1, -0.05) is 6.92 Å². The maximum atomic E-state index is 11.7. The van der Waals surface area contributed by atoms with Crippen LogP contribution in [-0.4, -0.2) is 40.6 Å². The van der Waals surface area contributed by atoms with Crippen molar-refractivity contribution in [3.05, 3.63) is 0 Å². The van der Waals surface area contributed by atoms with Crippen molar-refractivity contribution in [1.82, 2.24) is 10.2 Å². The molecule has 1 unspecified atom stereocenters. The molecule has 1 saturated carbocycles. The van der Waals surface area contributed by atoms with Crippen molar-refractivity contribution in [3.63, 3.8) is 0 Å². The van der Waals surface area contributed by atoms with Crippen LogP contribution in [0.15, 0.2) is 0 Å². The molecule has 0 aromatic rings. The summed E-state index contributed by atoms with van der Waals surface area (Å²) >= 11 is 0. The molecule has 0 aromatic carbocycles. The van der Waals surface area contributed by atoms with Gasteiger partial charge in [0.05, 0.1) is 5.92 Å². The molecule has 0 aromatic heterocycles. The standard InChI is InChI=1S/C11H18N2O3/c1-7(9(14)15)8-5-13(6-8)10(16)12-11(2)3-4-11/h7-8H,3-6H2,1-2H3,(H,12,16)(H,14,15). The second-order valence-electron chi connectivity index (χ2n) is 5.28. The summed E-state index contributed by atoms with van der Waals surface area (Å²) in [5.41, 5.74) is 0.000579. The summed E-state index contributed by atoms with van der Waals surface area (Å²) in [5.74, 6) is -1.03. The number of hydrogen-bond acceptors (Lipinski definition) is 2. The second kappa shape index (κ2) is 3.64. The Morgan fingerprint density at radius 3 is 2.44 bits per heavy atom. The summed E-state index contributed by atoms with van der Waals surface area (Å²) in [5, 5.41) is 11.8. The normalized spacial score (nSPS) is 24.5. The number of carbonyl (C=O) groups is 2. The number of nitrogens with zero attached hydrogens (tertiary/aromatic N) is 1. The summed E-state index contributed by atoms with van der Waals surface area (Å²) in [6.45, 7) is 4.86. The third kappa shape index (κ3) is 2.13. The quantitative estimate of drug-likeness (QED) is 0.751. The van der Waals surface area contributed by atoms with E-state index in [1.165, 1.54) is 0 Å². The van der Waals surface area contributed by atoms with Crippen LogP contribution in [0.3, 0.4) is 0 Å². The van der Waals surface area contributed by atoms with Crippen molar-refractivity contribution >= 4 is 12.0 Å². The van der Waals surface area contributed by atoms with Crippen LogP contribution in [0.5, 0.6) is 0 Å². The van der Waals surface area contributed by atoms with E-state index >= 15 is 0 Å². The highest BCUT2D eigenvalue weighted by molar-refractivity contribution is 5.77. The van der Waals surface area contributed by atoms with Crippen LogP contribution in [0.1, 0.15) is 26.7 Å². The fraction of sp³-hybridized carbons (Fsp3) is 0.818. The molecule has 2 fully saturated rings. The van der Waals surface area contributed by atoms with E-state index < -0.39 is 5.97 Å². The van der Waals surface area contributed by atoms with E-state index in [0.717, 1.165) is 12.8 Å². The van der Waals surface area contributed by atoms with E-state index in [-0.39, 0.29) is 23.4 Å². The second-order valence-corrected chi connectivity index (χ2v) is 5.28. The molecular formula is C11H18N2O3. The van der Waals surface area contributed by atoms with Crippen molar-refractivity contribution in [1.29, 1.82) is 0 Å². The predicted molar refractivity (Wildman–Crippen MR) is 58.0 cm³/mol. The number of urea groups is 1. The molecule has 2 rings (SSSR count). The number of likely N-dealkylation sites (tertiary alicyclic amines) is 1. The maximum absolute atomic E-state index is 11.7. The lowest BCUT2D eigenvalue weighted by atomic mass is 9.87. The van der Waals surface area contributed by atoms with Gasteiger partial charge < -0.3 is 15.3 Å². The molecule has 5 heteroatoms. The fourth-order valence-electron chi connectivity index (χ4n) is 1.85. The highest BCUT2D eigenvalue weighted by Gasteiger charge is 2.43. The van der Waals surface area contributed by atoms with Crippen molar-refractivity contribution in [2.24, 2.45) is 11.8 Å². The summed E-state index contributed by atoms with van der Waals surface area (Å²) < 4.78 is 0. The Labute approximate surface area is 94.8 Å². The van der Waals surface area contributed by atoms with Crippen molar-refractivity contribution in [3.8, 4) is 0 Å². The first-order valence-electron chi connectivity index (χ1n) is 5.71. The van der Waals surface area contributed by atoms with Gasteiger partial charge in [0.1, 0.15) is 0 Å². The minimum Gasteiger partial charge on any atom is -0.481 e. The Kier molecular flexibility index (Phi) is 2.56. The lowest BCUT2D eigenvalue weighted by Gasteiger charge is -2.41. The number of carboxylic acids is 1. The van der Waals surface area contributed by atoms with Crippen LogP contribution in [0.2, 0.25) is 0 Å². The zero-order chi connectivity index (χ0) is 11.9. The first-order valence-corrected chi connectivity index (χ1v) is 5.71. The van der Waals surface area contributed by atoms with E-state index in [0.29, 0.717) is 13.1 Å². The smallest absolute Gasteiger partial charge is 0.317 e. The molecule has 5 nitrogen and oxygen atoms in total. The molecule has 0 radical (unpaired) electrons. The molecule has 1 saturated heterocycles. The van der Waals surface area contributed by atoms with E-state index in [4.69, 9.17) is 5.11 Å². The average molecular weight is 226 g/mol. The summed E-state index contributed by atoms with van der Waals surface area (Å²) in [6, 6.07) is -0.0474. The summed E-state index contributed by atoms with van der Waals surface area (Å²) in [7, 11) is 0. The molecule has 2 aliphatic rings. The number of carbonyl (C=O) groups excluding carboxylic acids is 1. The van der Waals surface area contributed by atoms with Crippen LogP contribution in [0.4, 0.5) is 4.79 Å². The molecule has 1 aliphatic heterocycles. The van der Waals surface area contributed by atoms with Gasteiger partial charge in [0.2, 0.25) is 0 Å². The van der Waals surface area contributed by atoms with E-state index in [2.05, 4.69) is 5.32 Å². The minimum atomic E-state index is -0.779. The zero-order valence-corrected chi connectivity index (χ0v) is 9.69. The molecule has 0 spiro atoms. The maximum Gasteiger partial charge on any atom is 0.317 e. The van der Waals surface area contributed by atoms with Crippen LogP contribution < -0.4 is 5.32 Å². The van der Waals surface area contributed by atoms with Gasteiger partial charge in [-0.2, -0.15) is 0 Å². The Bertz CT molecular complexity index is 319. The molecule has 2 amide bonds. The molecule has 0 bridgehead atoms. The van der Waals surface area contributed by atoms with Gasteiger partial charge in [0.15, 0.2) is 0 Å². The van der Waals surface area contributed by atoms with Gasteiger partial charge in [-0.05, 0) is 19.8 Å². The largest absolute Gasteiger partial charge is 0.481 e. The molecular weight excluding hydrogens is 208 g/mol. The van der Waals surface area contributed by atoms with Crippen LogP contribution in [0, 0.1) is 11.8 Å². The monoisotopic (exact) mass is 226 g/mol. The Balaban J connectivity index is 1.75. The van der Waals surface area contributed by atoms with Gasteiger partial charge in [0, 0.05) is 24.5 Å². The number of amides is 2. The SMILES string of the molecule is CC(C(=O)O)C1CN(C(=O)NC2(C)CC2)C1. The number of rotatable bonds is 3. The highest BCUT2D eigenvalue weighted by atomic mass is 16.4. The van der Waals surface area contributed by atoms with Gasteiger partial charge in [0.25, 0.3) is 0 Å². The predicted octanol–water partition coefficient (Wildman–Crippen LogP) is 0.901. The molecule has 2 N–H and O–H groups in total. The Morgan fingerprint density at radius 2 is 2.00 bits per heavy atom. The fourth-order valence-corrected chi connectivity index (χ4v) is 1.85. The molecule has 90 valence electrons. The number of carboxylic acid groups (broad SMARTS) is 1. The highest BCUT2D eigenvalue weighted by Crippen LogP contribution is 2.35. The average Bonchev–Trinajstić information content (AvgIpc) is 2.79. The first-order chi connectivity index (χ1) is 7.41. The third-order valence-corrected chi connectivity index (χ3v) is 3.70. The summed E-state index contributed by atoms with van der Waals surface area (Å²) in [6.07, 6.45) is 2.09. The Hall–Kier alpha value is -1.26. The van der Waals surface area contributed by atoms with Crippen molar-refractivity contribution < 1.29 is 14.7 Å². The number of aliphatic carboxylic acids is 1. The minimum absolute atomic E-state index is 0.000579. The Morgan fingerprint density at radius 1 is 1.44 bits per heavy atom. The van der Waals surface area contributed by atoms with Crippen LogP contribution in [-0.2, 0) is 4.79 Å². The zero-order valence-electron chi connectivity index (χ0n) is 9.69. The van der Waals surface area contributed by atoms with Crippen molar-refractivity contribution in [2.75, 3.05) is 13.1 Å². The van der Waals surface area contributed by atoms with E-state index in [9.17, 15) is 9.59 Å². The molecule has 1 heterocycles.